The molecule has 1 heterocycles. The molecule has 0 aliphatic carbocycles. The van der Waals surface area contributed by atoms with Crippen LogP contribution in [0.1, 0.15) is 10.6 Å². The number of benzene rings is 1. The lowest BCUT2D eigenvalue weighted by Gasteiger charge is -2.08. The van der Waals surface area contributed by atoms with Gasteiger partial charge in [0, 0.05) is 0 Å². The molecule has 4 nitrogen and oxygen atoms in total. The lowest BCUT2D eigenvalue weighted by molar-refractivity contribution is 0.0996. The molecule has 0 aliphatic rings. The van der Waals surface area contributed by atoms with Crippen LogP contribution in [0.5, 0.6) is 0 Å². The fourth-order valence-corrected chi connectivity index (χ4v) is 1.60. The molecule has 1 aromatic heterocycles. The normalized spacial score (nSPS) is 10.2. The minimum atomic E-state index is -0.403. The van der Waals surface area contributed by atoms with Crippen LogP contribution >= 0.6 is 23.2 Å². The third-order valence-electron chi connectivity index (χ3n) is 2.09. The van der Waals surface area contributed by atoms with E-state index in [-0.39, 0.29) is 5.76 Å². The number of nitrogens with two attached hydrogens (primary N) is 1. The standard InChI is InChI=1S/C11H8Cl2N2O2/c12-6-4-8(14)9(5-7(6)13)15-11(16)10-2-1-3-17-10/h1-5H,14H2,(H,15,16). The van der Waals surface area contributed by atoms with E-state index in [1.807, 2.05) is 0 Å². The Balaban J connectivity index is 2.25. The van der Waals surface area contributed by atoms with Gasteiger partial charge in [0.2, 0.25) is 0 Å². The summed E-state index contributed by atoms with van der Waals surface area (Å²) in [6, 6.07) is 6.12. The predicted molar refractivity (Wildman–Crippen MR) is 67.5 cm³/mol. The number of carbonyl (C=O) groups excluding carboxylic acids is 1. The molecule has 1 amide bonds. The number of rotatable bonds is 2. The third kappa shape index (κ3) is 2.54. The van der Waals surface area contributed by atoms with Crippen LogP contribution in [0.4, 0.5) is 11.4 Å². The van der Waals surface area contributed by atoms with Crippen LogP contribution in [0.25, 0.3) is 0 Å². The summed E-state index contributed by atoms with van der Waals surface area (Å²) < 4.78 is 4.95. The van der Waals surface area contributed by atoms with Gasteiger partial charge in [-0.1, -0.05) is 23.2 Å². The molecule has 2 aromatic rings. The highest BCUT2D eigenvalue weighted by Crippen LogP contribution is 2.30. The van der Waals surface area contributed by atoms with Crippen molar-refractivity contribution < 1.29 is 9.21 Å². The second-order valence-electron chi connectivity index (χ2n) is 3.28. The van der Waals surface area contributed by atoms with Crippen molar-refractivity contribution in [3.8, 4) is 0 Å². The van der Waals surface area contributed by atoms with E-state index in [0.29, 0.717) is 21.4 Å². The molecule has 0 spiro atoms. The summed E-state index contributed by atoms with van der Waals surface area (Å²) in [5.74, 6) is -0.212. The summed E-state index contributed by atoms with van der Waals surface area (Å²) in [5.41, 5.74) is 6.43. The first-order valence-corrected chi connectivity index (χ1v) is 5.43. The summed E-state index contributed by atoms with van der Waals surface area (Å²) >= 11 is 11.6. The SMILES string of the molecule is Nc1cc(Cl)c(Cl)cc1NC(=O)c1ccco1. The minimum absolute atomic E-state index is 0.190. The zero-order chi connectivity index (χ0) is 12.4. The average Bonchev–Trinajstić information content (AvgIpc) is 2.79. The molecular weight excluding hydrogens is 263 g/mol. The van der Waals surface area contributed by atoms with E-state index in [1.165, 1.54) is 18.4 Å². The van der Waals surface area contributed by atoms with Crippen LogP contribution in [0.15, 0.2) is 34.9 Å². The van der Waals surface area contributed by atoms with Crippen molar-refractivity contribution in [3.63, 3.8) is 0 Å². The van der Waals surface area contributed by atoms with Gasteiger partial charge in [-0.15, -0.1) is 0 Å². The van der Waals surface area contributed by atoms with Crippen molar-refractivity contribution >= 4 is 40.5 Å². The zero-order valence-electron chi connectivity index (χ0n) is 8.54. The smallest absolute Gasteiger partial charge is 0.291 e. The van der Waals surface area contributed by atoms with E-state index >= 15 is 0 Å². The minimum Gasteiger partial charge on any atom is -0.459 e. The molecule has 17 heavy (non-hydrogen) atoms. The Morgan fingerprint density at radius 2 is 2.00 bits per heavy atom. The number of nitrogen functional groups attached to an aromatic ring is 1. The van der Waals surface area contributed by atoms with E-state index in [4.69, 9.17) is 33.4 Å². The Morgan fingerprint density at radius 3 is 2.65 bits per heavy atom. The average molecular weight is 271 g/mol. The maximum absolute atomic E-state index is 11.7. The highest BCUT2D eigenvalue weighted by Gasteiger charge is 2.12. The van der Waals surface area contributed by atoms with Crippen molar-refractivity contribution in [3.05, 3.63) is 46.3 Å². The lowest BCUT2D eigenvalue weighted by Crippen LogP contribution is -2.12. The fraction of sp³-hybridized carbons (Fsp3) is 0. The monoisotopic (exact) mass is 270 g/mol. The summed E-state index contributed by atoms with van der Waals surface area (Å²) in [7, 11) is 0. The highest BCUT2D eigenvalue weighted by atomic mass is 35.5. The van der Waals surface area contributed by atoms with Gasteiger partial charge in [-0.3, -0.25) is 4.79 Å². The molecule has 0 unspecified atom stereocenters. The van der Waals surface area contributed by atoms with Gasteiger partial charge in [0.1, 0.15) is 0 Å². The molecule has 0 fully saturated rings. The van der Waals surface area contributed by atoms with Gasteiger partial charge in [-0.05, 0) is 24.3 Å². The highest BCUT2D eigenvalue weighted by molar-refractivity contribution is 6.42. The number of anilines is 2. The summed E-state index contributed by atoms with van der Waals surface area (Å²) in [6.07, 6.45) is 1.41. The second kappa shape index (κ2) is 4.69. The van der Waals surface area contributed by atoms with Gasteiger partial charge < -0.3 is 15.5 Å². The van der Waals surface area contributed by atoms with Gasteiger partial charge >= 0.3 is 0 Å². The van der Waals surface area contributed by atoms with E-state index < -0.39 is 5.91 Å². The molecule has 2 rings (SSSR count). The first-order chi connectivity index (χ1) is 8.08. The molecule has 0 bridgehead atoms. The van der Waals surface area contributed by atoms with Crippen LogP contribution in [0, 0.1) is 0 Å². The first-order valence-electron chi connectivity index (χ1n) is 4.67. The number of halogens is 2. The number of carbonyl (C=O) groups is 1. The molecule has 0 atom stereocenters. The number of nitrogens with one attached hydrogen (secondary N) is 1. The summed E-state index contributed by atoms with van der Waals surface area (Å²) in [5, 5.41) is 3.23. The quantitative estimate of drug-likeness (QED) is 0.822. The maximum Gasteiger partial charge on any atom is 0.291 e. The molecule has 0 saturated carbocycles. The lowest BCUT2D eigenvalue weighted by atomic mass is 10.2. The number of hydrogen-bond donors (Lipinski definition) is 2. The summed E-state index contributed by atoms with van der Waals surface area (Å²) in [6.45, 7) is 0. The predicted octanol–water partition coefficient (Wildman–Crippen LogP) is 3.42. The Hall–Kier alpha value is -1.65. The number of amides is 1. The zero-order valence-corrected chi connectivity index (χ0v) is 10.0. The van der Waals surface area contributed by atoms with Crippen molar-refractivity contribution in [1.29, 1.82) is 0 Å². The van der Waals surface area contributed by atoms with E-state index in [1.54, 1.807) is 12.1 Å². The van der Waals surface area contributed by atoms with Crippen molar-refractivity contribution in [2.75, 3.05) is 11.1 Å². The van der Waals surface area contributed by atoms with Crippen LogP contribution < -0.4 is 11.1 Å². The molecule has 0 saturated heterocycles. The van der Waals surface area contributed by atoms with Crippen LogP contribution in [0.2, 0.25) is 10.0 Å². The van der Waals surface area contributed by atoms with Crippen molar-refractivity contribution in [1.82, 2.24) is 0 Å². The topological polar surface area (TPSA) is 68.3 Å². The van der Waals surface area contributed by atoms with Crippen LogP contribution in [0.3, 0.4) is 0 Å². The molecule has 88 valence electrons. The Morgan fingerprint density at radius 1 is 1.29 bits per heavy atom. The Bertz CT molecular complexity index is 553. The number of furan rings is 1. The third-order valence-corrected chi connectivity index (χ3v) is 2.81. The summed E-state index contributed by atoms with van der Waals surface area (Å²) in [4.78, 5) is 11.7. The molecule has 1 aromatic carbocycles. The van der Waals surface area contributed by atoms with Crippen LogP contribution in [-0.4, -0.2) is 5.91 Å². The van der Waals surface area contributed by atoms with Crippen molar-refractivity contribution in [2.24, 2.45) is 0 Å². The molecular formula is C11H8Cl2N2O2. The van der Waals surface area contributed by atoms with Gasteiger partial charge in [-0.2, -0.15) is 0 Å². The molecule has 3 N–H and O–H groups in total. The van der Waals surface area contributed by atoms with Gasteiger partial charge in [0.15, 0.2) is 5.76 Å². The van der Waals surface area contributed by atoms with Crippen LogP contribution in [-0.2, 0) is 0 Å². The molecule has 0 aliphatic heterocycles. The molecule has 0 radical (unpaired) electrons. The Kier molecular flexibility index (Phi) is 3.26. The van der Waals surface area contributed by atoms with E-state index in [9.17, 15) is 4.79 Å². The van der Waals surface area contributed by atoms with Gasteiger partial charge in [-0.25, -0.2) is 0 Å². The van der Waals surface area contributed by atoms with Gasteiger partial charge in [0.05, 0.1) is 27.7 Å². The van der Waals surface area contributed by atoms with Gasteiger partial charge in [0.25, 0.3) is 5.91 Å². The first kappa shape index (κ1) is 11.8. The molecule has 6 heteroatoms. The second-order valence-corrected chi connectivity index (χ2v) is 4.10. The number of hydrogen-bond acceptors (Lipinski definition) is 3. The fourth-order valence-electron chi connectivity index (χ4n) is 1.26. The van der Waals surface area contributed by atoms with E-state index in [2.05, 4.69) is 5.32 Å². The largest absolute Gasteiger partial charge is 0.459 e. The maximum atomic E-state index is 11.7. The Labute approximate surface area is 107 Å². The van der Waals surface area contributed by atoms with Crippen molar-refractivity contribution in [2.45, 2.75) is 0 Å². The van der Waals surface area contributed by atoms with E-state index in [0.717, 1.165) is 0 Å².